The van der Waals surface area contributed by atoms with Crippen LogP contribution in [0.15, 0.2) is 42.5 Å². The first-order chi connectivity index (χ1) is 11.7. The first kappa shape index (κ1) is 19.6. The maximum Gasteiger partial charge on any atom is 0.416 e. The third-order valence-electron chi connectivity index (χ3n) is 3.48. The van der Waals surface area contributed by atoms with Crippen molar-refractivity contribution < 1.29 is 23.1 Å². The van der Waals surface area contributed by atoms with Gasteiger partial charge in [0.1, 0.15) is 0 Å². The van der Waals surface area contributed by atoms with Crippen LogP contribution in [0, 0.1) is 0 Å². The molecule has 25 heavy (non-hydrogen) atoms. The average Bonchev–Trinajstić information content (AvgIpc) is 2.54. The number of rotatable bonds is 5. The van der Waals surface area contributed by atoms with Crippen LogP contribution in [-0.4, -0.2) is 17.6 Å². The van der Waals surface area contributed by atoms with Crippen LogP contribution >= 0.6 is 23.2 Å². The summed E-state index contributed by atoms with van der Waals surface area (Å²) < 4.78 is 38.8. The molecule has 0 aromatic heterocycles. The summed E-state index contributed by atoms with van der Waals surface area (Å²) in [5, 5.41) is 13.1. The van der Waals surface area contributed by atoms with Crippen molar-refractivity contribution in [2.24, 2.45) is 0 Å². The lowest BCUT2D eigenvalue weighted by molar-refractivity contribution is -0.139. The zero-order chi connectivity index (χ0) is 18.6. The quantitative estimate of drug-likeness (QED) is 0.793. The van der Waals surface area contributed by atoms with E-state index in [4.69, 9.17) is 23.2 Å². The van der Waals surface area contributed by atoms with Gasteiger partial charge < -0.3 is 10.4 Å². The van der Waals surface area contributed by atoms with Gasteiger partial charge in [-0.1, -0.05) is 47.5 Å². The topological polar surface area (TPSA) is 49.3 Å². The second-order valence-electron chi connectivity index (χ2n) is 5.32. The van der Waals surface area contributed by atoms with Crippen LogP contribution in [0.5, 0.6) is 0 Å². The molecule has 0 aliphatic rings. The molecule has 8 heteroatoms. The van der Waals surface area contributed by atoms with E-state index >= 15 is 0 Å². The number of hydrogen-bond acceptors (Lipinski definition) is 2. The average molecular weight is 392 g/mol. The van der Waals surface area contributed by atoms with Crippen LogP contribution in [0.25, 0.3) is 0 Å². The van der Waals surface area contributed by atoms with Crippen molar-refractivity contribution >= 4 is 29.1 Å². The predicted octanol–water partition coefficient (Wildman–Crippen LogP) is 4.40. The zero-order valence-corrected chi connectivity index (χ0v) is 14.3. The molecule has 2 N–H and O–H groups in total. The van der Waals surface area contributed by atoms with E-state index in [1.165, 1.54) is 24.3 Å². The third kappa shape index (κ3) is 5.36. The highest BCUT2D eigenvalue weighted by molar-refractivity contribution is 6.35. The molecule has 0 bridgehead atoms. The summed E-state index contributed by atoms with van der Waals surface area (Å²) in [6.07, 6.45) is -6.15. The number of carbonyl (C=O) groups excluding carboxylic acids is 1. The molecule has 2 rings (SSSR count). The Balaban J connectivity index is 2.00. The Morgan fingerprint density at radius 3 is 2.48 bits per heavy atom. The van der Waals surface area contributed by atoms with Crippen molar-refractivity contribution in [1.29, 1.82) is 0 Å². The molecular formula is C17H14Cl2F3NO2. The molecule has 0 unspecified atom stereocenters. The largest absolute Gasteiger partial charge is 0.416 e. The number of amides is 1. The summed E-state index contributed by atoms with van der Waals surface area (Å²) in [5.74, 6) is -0.479. The van der Waals surface area contributed by atoms with Gasteiger partial charge in [0.2, 0.25) is 5.91 Å². The smallest absolute Gasteiger partial charge is 0.387 e. The number of alkyl halides is 3. The number of aliphatic hydroxyl groups is 1. The van der Waals surface area contributed by atoms with Gasteiger partial charge in [-0.25, -0.2) is 0 Å². The molecule has 134 valence electrons. The van der Waals surface area contributed by atoms with Gasteiger partial charge in [0, 0.05) is 16.6 Å². The Kier molecular flexibility index (Phi) is 6.32. The second-order valence-corrected chi connectivity index (χ2v) is 6.16. The summed E-state index contributed by atoms with van der Waals surface area (Å²) in [4.78, 5) is 11.9. The number of nitrogens with one attached hydrogen (secondary N) is 1. The van der Waals surface area contributed by atoms with Crippen molar-refractivity contribution in [2.75, 3.05) is 6.54 Å². The predicted molar refractivity (Wildman–Crippen MR) is 89.6 cm³/mol. The van der Waals surface area contributed by atoms with E-state index in [1.807, 2.05) is 0 Å². The fraction of sp³-hybridized carbons (Fsp3) is 0.235. The zero-order valence-electron chi connectivity index (χ0n) is 12.8. The summed E-state index contributed by atoms with van der Waals surface area (Å²) in [6, 6.07) is 9.33. The van der Waals surface area contributed by atoms with Crippen molar-refractivity contribution in [2.45, 2.75) is 18.7 Å². The molecule has 0 radical (unpaired) electrons. The SMILES string of the molecule is O=C(Cc1ccc(Cl)cc1Cl)NC[C@@H](O)c1ccccc1C(F)(F)F. The molecule has 3 nitrogen and oxygen atoms in total. The minimum Gasteiger partial charge on any atom is -0.387 e. The van der Waals surface area contributed by atoms with Gasteiger partial charge in [0.05, 0.1) is 18.1 Å². The lowest BCUT2D eigenvalue weighted by atomic mass is 10.0. The van der Waals surface area contributed by atoms with Gasteiger partial charge in [-0.2, -0.15) is 13.2 Å². The lowest BCUT2D eigenvalue weighted by Gasteiger charge is -2.18. The molecule has 1 atom stereocenters. The monoisotopic (exact) mass is 391 g/mol. The van der Waals surface area contributed by atoms with Crippen molar-refractivity contribution in [3.05, 3.63) is 69.2 Å². The van der Waals surface area contributed by atoms with E-state index < -0.39 is 23.8 Å². The minimum absolute atomic E-state index is 0.0797. The maximum absolute atomic E-state index is 12.9. The Hall–Kier alpha value is -1.76. The van der Waals surface area contributed by atoms with Gasteiger partial charge in [0.15, 0.2) is 0 Å². The highest BCUT2D eigenvalue weighted by Gasteiger charge is 2.34. The minimum atomic E-state index is -4.58. The summed E-state index contributed by atoms with van der Waals surface area (Å²) in [5.41, 5.74) is -0.703. The van der Waals surface area contributed by atoms with Gasteiger partial charge in [0.25, 0.3) is 0 Å². The molecule has 0 aliphatic heterocycles. The number of carbonyl (C=O) groups is 1. The molecule has 0 fully saturated rings. The summed E-state index contributed by atoms with van der Waals surface area (Å²) in [6.45, 7) is -0.350. The van der Waals surface area contributed by atoms with Crippen molar-refractivity contribution in [3.63, 3.8) is 0 Å². The van der Waals surface area contributed by atoms with Crippen LogP contribution in [0.2, 0.25) is 10.0 Å². The molecule has 0 heterocycles. The molecular weight excluding hydrogens is 378 g/mol. The Morgan fingerprint density at radius 1 is 1.16 bits per heavy atom. The van der Waals surface area contributed by atoms with Crippen LogP contribution < -0.4 is 5.32 Å². The van der Waals surface area contributed by atoms with E-state index in [0.29, 0.717) is 15.6 Å². The fourth-order valence-electron chi connectivity index (χ4n) is 2.27. The van der Waals surface area contributed by atoms with Crippen LogP contribution in [-0.2, 0) is 17.4 Å². The number of halogens is 5. The van der Waals surface area contributed by atoms with Gasteiger partial charge >= 0.3 is 6.18 Å². The molecule has 0 saturated heterocycles. The summed E-state index contributed by atoms with van der Waals surface area (Å²) >= 11 is 11.7. The standard InChI is InChI=1S/C17H14Cl2F3NO2/c18-11-6-5-10(14(19)8-11)7-16(25)23-9-15(24)12-3-1-2-4-13(12)17(20,21)22/h1-6,8,15,24H,7,9H2,(H,23,25)/t15-/m1/s1. The van der Waals surface area contributed by atoms with Crippen molar-refractivity contribution in [3.8, 4) is 0 Å². The normalized spacial score (nSPS) is 12.7. The highest BCUT2D eigenvalue weighted by Crippen LogP contribution is 2.34. The van der Waals surface area contributed by atoms with Gasteiger partial charge in [-0.3, -0.25) is 4.79 Å². The number of aliphatic hydroxyl groups excluding tert-OH is 1. The van der Waals surface area contributed by atoms with Crippen LogP contribution in [0.1, 0.15) is 22.8 Å². The molecule has 0 aliphatic carbocycles. The van der Waals surface area contributed by atoms with E-state index in [2.05, 4.69) is 5.32 Å². The number of benzene rings is 2. The third-order valence-corrected chi connectivity index (χ3v) is 4.07. The Labute approximate surface area is 152 Å². The second kappa shape index (κ2) is 8.08. The fourth-order valence-corrected chi connectivity index (χ4v) is 2.74. The van der Waals surface area contributed by atoms with E-state index in [1.54, 1.807) is 12.1 Å². The lowest BCUT2D eigenvalue weighted by Crippen LogP contribution is -2.30. The maximum atomic E-state index is 12.9. The molecule has 2 aromatic carbocycles. The van der Waals surface area contributed by atoms with Crippen LogP contribution in [0.4, 0.5) is 13.2 Å². The van der Waals surface area contributed by atoms with Gasteiger partial charge in [-0.15, -0.1) is 0 Å². The van der Waals surface area contributed by atoms with E-state index in [-0.39, 0.29) is 18.5 Å². The van der Waals surface area contributed by atoms with Gasteiger partial charge in [-0.05, 0) is 29.3 Å². The molecule has 1 amide bonds. The van der Waals surface area contributed by atoms with E-state index in [0.717, 1.165) is 6.07 Å². The van der Waals surface area contributed by atoms with E-state index in [9.17, 15) is 23.1 Å². The van der Waals surface area contributed by atoms with Crippen LogP contribution in [0.3, 0.4) is 0 Å². The first-order valence-corrected chi connectivity index (χ1v) is 7.99. The first-order valence-electron chi connectivity index (χ1n) is 7.23. The number of hydrogen-bond donors (Lipinski definition) is 2. The molecule has 0 saturated carbocycles. The van der Waals surface area contributed by atoms with Crippen molar-refractivity contribution in [1.82, 2.24) is 5.32 Å². The molecule has 2 aromatic rings. The highest BCUT2D eigenvalue weighted by atomic mass is 35.5. The summed E-state index contributed by atoms with van der Waals surface area (Å²) in [7, 11) is 0. The molecule has 0 spiro atoms. The Morgan fingerprint density at radius 2 is 1.84 bits per heavy atom. The Bertz CT molecular complexity index is 766.